The van der Waals surface area contributed by atoms with Crippen LogP contribution in [0.15, 0.2) is 60.9 Å². The van der Waals surface area contributed by atoms with Crippen molar-refractivity contribution < 1.29 is 18.0 Å². The van der Waals surface area contributed by atoms with E-state index in [1.807, 2.05) is 41.3 Å². The van der Waals surface area contributed by atoms with E-state index in [-0.39, 0.29) is 22.5 Å². The topological polar surface area (TPSA) is 58.1 Å². The van der Waals surface area contributed by atoms with E-state index in [1.165, 1.54) is 6.33 Å². The predicted octanol–water partition coefficient (Wildman–Crippen LogP) is 4.89. The summed E-state index contributed by atoms with van der Waals surface area (Å²) in [6.07, 6.45) is -3.05. The van der Waals surface area contributed by atoms with Crippen LogP contribution in [0.25, 0.3) is 11.3 Å². The first-order chi connectivity index (χ1) is 14.3. The first-order valence-electron chi connectivity index (χ1n) is 9.11. The van der Waals surface area contributed by atoms with Crippen molar-refractivity contribution in [3.05, 3.63) is 71.5 Å². The quantitative estimate of drug-likeness (QED) is 0.637. The lowest BCUT2D eigenvalue weighted by Crippen LogP contribution is -2.52. The summed E-state index contributed by atoms with van der Waals surface area (Å²) in [5.41, 5.74) is 0.801. The fourth-order valence-corrected chi connectivity index (χ4v) is 3.32. The van der Waals surface area contributed by atoms with Crippen molar-refractivity contribution in [2.24, 2.45) is 5.92 Å². The van der Waals surface area contributed by atoms with Crippen LogP contribution in [-0.4, -0.2) is 29.0 Å². The summed E-state index contributed by atoms with van der Waals surface area (Å²) in [7, 11) is 0. The smallest absolute Gasteiger partial charge is 0.355 e. The molecule has 0 atom stereocenters. The minimum atomic E-state index is -4.51. The third kappa shape index (κ3) is 4.23. The molecular formula is C21H16ClF3N4O. The summed E-state index contributed by atoms with van der Waals surface area (Å²) in [4.78, 5) is 22.9. The van der Waals surface area contributed by atoms with Gasteiger partial charge in [0, 0.05) is 24.7 Å². The van der Waals surface area contributed by atoms with Crippen LogP contribution in [-0.2, 0) is 11.0 Å². The number of hydrogen-bond acceptors (Lipinski definition) is 4. The van der Waals surface area contributed by atoms with Crippen LogP contribution in [0.5, 0.6) is 0 Å². The van der Waals surface area contributed by atoms with Gasteiger partial charge in [0.2, 0.25) is 5.91 Å². The number of hydrogen-bond donors (Lipinski definition) is 1. The number of rotatable bonds is 4. The number of carbonyl (C=O) groups is 1. The van der Waals surface area contributed by atoms with Crippen LogP contribution >= 0.6 is 11.6 Å². The molecule has 9 heteroatoms. The summed E-state index contributed by atoms with van der Waals surface area (Å²) >= 11 is 5.95. The van der Waals surface area contributed by atoms with Crippen molar-refractivity contribution >= 4 is 29.0 Å². The number of carbonyl (C=O) groups excluding carboxylic acids is 1. The van der Waals surface area contributed by atoms with Gasteiger partial charge in [-0.25, -0.2) is 9.97 Å². The SMILES string of the molecule is O=C(Nc1cc(C(F)(F)F)ccc1Cl)C1CN(c2cc(-c3ccccc3)ncn2)C1. The van der Waals surface area contributed by atoms with Crippen LogP contribution < -0.4 is 10.2 Å². The molecule has 1 saturated heterocycles. The van der Waals surface area contributed by atoms with Crippen LogP contribution in [0.3, 0.4) is 0 Å². The molecule has 1 fully saturated rings. The Morgan fingerprint density at radius 3 is 2.50 bits per heavy atom. The Bertz CT molecular complexity index is 1070. The zero-order chi connectivity index (χ0) is 21.3. The second kappa shape index (κ2) is 7.95. The standard InChI is InChI=1S/C21H16ClF3N4O/c22-16-7-6-15(21(23,24)25)8-18(16)28-20(30)14-10-29(11-14)19-9-17(26-12-27-19)13-4-2-1-3-5-13/h1-9,12,14H,10-11H2,(H,28,30). The third-order valence-electron chi connectivity index (χ3n) is 4.85. The van der Waals surface area contributed by atoms with Gasteiger partial charge in [-0.05, 0) is 18.2 Å². The molecule has 4 rings (SSSR count). The first-order valence-corrected chi connectivity index (χ1v) is 9.49. The van der Waals surface area contributed by atoms with Crippen LogP contribution in [0.4, 0.5) is 24.7 Å². The van der Waals surface area contributed by atoms with Gasteiger partial charge in [0.1, 0.15) is 12.1 Å². The van der Waals surface area contributed by atoms with Crippen molar-refractivity contribution in [2.45, 2.75) is 6.18 Å². The maximum atomic E-state index is 12.9. The van der Waals surface area contributed by atoms with E-state index in [0.29, 0.717) is 18.9 Å². The highest BCUT2D eigenvalue weighted by Gasteiger charge is 2.35. The predicted molar refractivity (Wildman–Crippen MR) is 108 cm³/mol. The van der Waals surface area contributed by atoms with E-state index in [0.717, 1.165) is 29.5 Å². The largest absolute Gasteiger partial charge is 0.416 e. The van der Waals surface area contributed by atoms with E-state index < -0.39 is 11.7 Å². The van der Waals surface area contributed by atoms with Crippen LogP contribution in [0.2, 0.25) is 5.02 Å². The summed E-state index contributed by atoms with van der Waals surface area (Å²) in [5, 5.41) is 2.56. The minimum Gasteiger partial charge on any atom is -0.355 e. The average molecular weight is 433 g/mol. The molecule has 3 aromatic rings. The van der Waals surface area contributed by atoms with Gasteiger partial charge in [-0.1, -0.05) is 41.9 Å². The number of nitrogens with one attached hydrogen (secondary N) is 1. The maximum Gasteiger partial charge on any atom is 0.416 e. The molecule has 154 valence electrons. The summed E-state index contributed by atoms with van der Waals surface area (Å²) in [6, 6.07) is 14.3. The van der Waals surface area contributed by atoms with E-state index >= 15 is 0 Å². The highest BCUT2D eigenvalue weighted by atomic mass is 35.5. The van der Waals surface area contributed by atoms with E-state index in [9.17, 15) is 18.0 Å². The van der Waals surface area contributed by atoms with Crippen LogP contribution in [0.1, 0.15) is 5.56 Å². The molecule has 0 aliphatic carbocycles. The molecule has 1 aliphatic rings. The van der Waals surface area contributed by atoms with Gasteiger partial charge in [-0.15, -0.1) is 0 Å². The molecule has 0 radical (unpaired) electrons. The molecule has 2 aromatic carbocycles. The summed E-state index contributed by atoms with van der Waals surface area (Å²) < 4.78 is 38.7. The molecule has 1 aromatic heterocycles. The Morgan fingerprint density at radius 2 is 1.80 bits per heavy atom. The Balaban J connectivity index is 1.41. The van der Waals surface area contributed by atoms with Crippen molar-refractivity contribution in [3.63, 3.8) is 0 Å². The highest BCUT2D eigenvalue weighted by molar-refractivity contribution is 6.33. The molecule has 0 saturated carbocycles. The number of amides is 1. The maximum absolute atomic E-state index is 12.9. The minimum absolute atomic E-state index is 0.0517. The van der Waals surface area contributed by atoms with Gasteiger partial charge in [0.15, 0.2) is 0 Å². The van der Waals surface area contributed by atoms with Crippen molar-refractivity contribution in [2.75, 3.05) is 23.3 Å². The monoisotopic (exact) mass is 432 g/mol. The lowest BCUT2D eigenvalue weighted by Gasteiger charge is -2.39. The normalized spacial score (nSPS) is 14.3. The van der Waals surface area contributed by atoms with Gasteiger partial charge in [0.05, 0.1) is 27.9 Å². The number of anilines is 2. The number of alkyl halides is 3. The zero-order valence-corrected chi connectivity index (χ0v) is 16.3. The van der Waals surface area contributed by atoms with Gasteiger partial charge in [0.25, 0.3) is 0 Å². The van der Waals surface area contributed by atoms with Gasteiger partial charge < -0.3 is 10.2 Å². The second-order valence-electron chi connectivity index (χ2n) is 6.91. The zero-order valence-electron chi connectivity index (χ0n) is 15.5. The first kappa shape index (κ1) is 20.2. The molecule has 1 amide bonds. The molecule has 30 heavy (non-hydrogen) atoms. The molecule has 2 heterocycles. The molecule has 1 N–H and O–H groups in total. The second-order valence-corrected chi connectivity index (χ2v) is 7.32. The fraction of sp³-hybridized carbons (Fsp3) is 0.190. The van der Waals surface area contributed by atoms with Gasteiger partial charge in [-0.3, -0.25) is 4.79 Å². The Morgan fingerprint density at radius 1 is 1.07 bits per heavy atom. The van der Waals surface area contributed by atoms with E-state index in [2.05, 4.69) is 15.3 Å². The lowest BCUT2D eigenvalue weighted by molar-refractivity contribution is -0.137. The number of aromatic nitrogens is 2. The molecule has 0 unspecified atom stereocenters. The highest BCUT2D eigenvalue weighted by Crippen LogP contribution is 2.34. The third-order valence-corrected chi connectivity index (χ3v) is 5.18. The molecule has 0 bridgehead atoms. The van der Waals surface area contributed by atoms with Crippen molar-refractivity contribution in [1.29, 1.82) is 0 Å². The Kier molecular flexibility index (Phi) is 5.34. The van der Waals surface area contributed by atoms with Gasteiger partial charge in [-0.2, -0.15) is 13.2 Å². The van der Waals surface area contributed by atoms with Crippen molar-refractivity contribution in [3.8, 4) is 11.3 Å². The average Bonchev–Trinajstić information content (AvgIpc) is 2.68. The summed E-state index contributed by atoms with van der Waals surface area (Å²) in [6.45, 7) is 0.793. The Hall–Kier alpha value is -3.13. The van der Waals surface area contributed by atoms with Gasteiger partial charge >= 0.3 is 6.18 Å². The van der Waals surface area contributed by atoms with E-state index in [1.54, 1.807) is 0 Å². The van der Waals surface area contributed by atoms with Crippen LogP contribution in [0, 0.1) is 5.92 Å². The number of nitrogens with zero attached hydrogens (tertiary/aromatic N) is 3. The number of benzene rings is 2. The number of halogens is 4. The Labute approximate surface area is 175 Å². The molecule has 5 nitrogen and oxygen atoms in total. The lowest BCUT2D eigenvalue weighted by atomic mass is 9.98. The van der Waals surface area contributed by atoms with Crippen molar-refractivity contribution in [1.82, 2.24) is 9.97 Å². The summed E-state index contributed by atoms with van der Waals surface area (Å²) in [5.74, 6) is -0.0828. The molecule has 0 spiro atoms. The van der Waals surface area contributed by atoms with E-state index in [4.69, 9.17) is 11.6 Å². The molecule has 1 aliphatic heterocycles. The fourth-order valence-electron chi connectivity index (χ4n) is 3.15. The molecular weight excluding hydrogens is 417 g/mol.